The van der Waals surface area contributed by atoms with Gasteiger partial charge in [0.1, 0.15) is 6.04 Å². The van der Waals surface area contributed by atoms with Crippen molar-refractivity contribution in [3.05, 3.63) is 0 Å². The first-order valence-corrected chi connectivity index (χ1v) is 6.19. The number of nitrogens with zero attached hydrogens (tertiary/aromatic N) is 1. The molecule has 0 bridgehead atoms. The molecule has 2 amide bonds. The Hall–Kier alpha value is -1.26. The molecule has 2 N–H and O–H groups in total. The summed E-state index contributed by atoms with van der Waals surface area (Å²) in [5, 5.41) is 11.8. The molecule has 1 aliphatic carbocycles. The topological polar surface area (TPSA) is 69.6 Å². The molecule has 1 aliphatic rings. The van der Waals surface area contributed by atoms with Gasteiger partial charge in [-0.15, -0.1) is 0 Å². The lowest BCUT2D eigenvalue weighted by molar-refractivity contribution is -0.141. The molecular weight excluding hydrogens is 220 g/mol. The number of hydrogen-bond acceptors (Lipinski definition) is 2. The van der Waals surface area contributed by atoms with Crippen molar-refractivity contribution in [1.82, 2.24) is 10.2 Å². The Labute approximate surface area is 102 Å². The van der Waals surface area contributed by atoms with Crippen molar-refractivity contribution in [3.8, 4) is 0 Å². The summed E-state index contributed by atoms with van der Waals surface area (Å²) in [4.78, 5) is 23.9. The van der Waals surface area contributed by atoms with E-state index in [2.05, 4.69) is 12.2 Å². The average Bonchev–Trinajstić information content (AvgIpc) is 2.30. The molecule has 3 atom stereocenters. The van der Waals surface area contributed by atoms with Crippen molar-refractivity contribution in [3.63, 3.8) is 0 Å². The summed E-state index contributed by atoms with van der Waals surface area (Å²) in [6, 6.07) is -0.910. The van der Waals surface area contributed by atoms with Crippen molar-refractivity contribution in [2.24, 2.45) is 5.92 Å². The van der Waals surface area contributed by atoms with Crippen LogP contribution in [-0.4, -0.2) is 41.1 Å². The number of carboxylic acid groups (broad SMARTS) is 1. The highest BCUT2D eigenvalue weighted by molar-refractivity contribution is 5.82. The zero-order valence-corrected chi connectivity index (χ0v) is 10.8. The molecule has 17 heavy (non-hydrogen) atoms. The van der Waals surface area contributed by atoms with Gasteiger partial charge < -0.3 is 15.3 Å². The van der Waals surface area contributed by atoms with Crippen LogP contribution in [-0.2, 0) is 4.79 Å². The predicted molar refractivity (Wildman–Crippen MR) is 64.8 cm³/mol. The molecule has 0 saturated heterocycles. The van der Waals surface area contributed by atoms with Gasteiger partial charge in [0.15, 0.2) is 0 Å². The summed E-state index contributed by atoms with van der Waals surface area (Å²) in [5.41, 5.74) is 0. The standard InChI is InChI=1S/C12H22N2O3/c1-8-6-4-5-7-10(8)13-12(17)14(3)9(2)11(15)16/h8-10H,4-7H2,1-3H3,(H,13,17)(H,15,16). The number of carbonyl (C=O) groups is 2. The van der Waals surface area contributed by atoms with Crippen LogP contribution in [0.1, 0.15) is 39.5 Å². The summed E-state index contributed by atoms with van der Waals surface area (Å²) in [7, 11) is 1.52. The van der Waals surface area contributed by atoms with Crippen LogP contribution >= 0.6 is 0 Å². The SMILES string of the molecule is CC1CCCCC1NC(=O)N(C)C(C)C(=O)O. The van der Waals surface area contributed by atoms with Crippen LogP contribution in [0.25, 0.3) is 0 Å². The Bertz CT molecular complexity index is 293. The van der Waals surface area contributed by atoms with Crippen LogP contribution in [0.3, 0.4) is 0 Å². The number of urea groups is 1. The minimum Gasteiger partial charge on any atom is -0.480 e. The number of nitrogens with one attached hydrogen (secondary N) is 1. The summed E-state index contributed by atoms with van der Waals surface area (Å²) >= 11 is 0. The lowest BCUT2D eigenvalue weighted by atomic mass is 9.86. The van der Waals surface area contributed by atoms with E-state index in [1.54, 1.807) is 0 Å². The van der Waals surface area contributed by atoms with E-state index in [9.17, 15) is 9.59 Å². The summed E-state index contributed by atoms with van der Waals surface area (Å²) in [6.07, 6.45) is 4.47. The van der Waals surface area contributed by atoms with Crippen LogP contribution in [0.4, 0.5) is 4.79 Å². The first-order chi connectivity index (χ1) is 7.93. The highest BCUT2D eigenvalue weighted by Crippen LogP contribution is 2.23. The van der Waals surface area contributed by atoms with Crippen molar-refractivity contribution in [1.29, 1.82) is 0 Å². The maximum atomic E-state index is 11.9. The fraction of sp³-hybridized carbons (Fsp3) is 0.833. The van der Waals surface area contributed by atoms with Gasteiger partial charge in [0.05, 0.1) is 0 Å². The third-order valence-electron chi connectivity index (χ3n) is 3.68. The van der Waals surface area contributed by atoms with Gasteiger partial charge in [-0.05, 0) is 25.7 Å². The monoisotopic (exact) mass is 242 g/mol. The zero-order valence-electron chi connectivity index (χ0n) is 10.8. The lowest BCUT2D eigenvalue weighted by Crippen LogP contribution is -2.50. The highest BCUT2D eigenvalue weighted by Gasteiger charge is 2.27. The Kier molecular flexibility index (Phi) is 4.78. The highest BCUT2D eigenvalue weighted by atomic mass is 16.4. The third kappa shape index (κ3) is 3.61. The quantitative estimate of drug-likeness (QED) is 0.791. The molecule has 0 aromatic carbocycles. The van der Waals surface area contributed by atoms with Crippen molar-refractivity contribution in [2.75, 3.05) is 7.05 Å². The van der Waals surface area contributed by atoms with E-state index in [0.717, 1.165) is 19.3 Å². The maximum Gasteiger partial charge on any atom is 0.326 e. The van der Waals surface area contributed by atoms with Crippen LogP contribution in [0.2, 0.25) is 0 Å². The van der Waals surface area contributed by atoms with Crippen LogP contribution in [0.5, 0.6) is 0 Å². The molecule has 1 fully saturated rings. The molecule has 1 rings (SSSR count). The molecule has 0 radical (unpaired) electrons. The number of likely N-dealkylation sites (N-methyl/N-ethyl adjacent to an activating group) is 1. The smallest absolute Gasteiger partial charge is 0.326 e. The van der Waals surface area contributed by atoms with Crippen LogP contribution < -0.4 is 5.32 Å². The molecule has 5 heteroatoms. The zero-order chi connectivity index (χ0) is 13.0. The van der Waals surface area contributed by atoms with E-state index >= 15 is 0 Å². The Morgan fingerprint density at radius 1 is 1.35 bits per heavy atom. The van der Waals surface area contributed by atoms with Crippen molar-refractivity contribution < 1.29 is 14.7 Å². The Balaban J connectivity index is 2.50. The second-order valence-electron chi connectivity index (χ2n) is 4.94. The van der Waals surface area contributed by atoms with E-state index in [4.69, 9.17) is 5.11 Å². The average molecular weight is 242 g/mol. The van der Waals surface area contributed by atoms with E-state index in [0.29, 0.717) is 5.92 Å². The molecule has 0 heterocycles. The number of carbonyl (C=O) groups excluding carboxylic acids is 1. The molecule has 0 aromatic rings. The predicted octanol–water partition coefficient (Wildman–Crippen LogP) is 1.68. The summed E-state index contributed by atoms with van der Waals surface area (Å²) in [6.45, 7) is 3.64. The minimum absolute atomic E-state index is 0.180. The molecule has 0 aromatic heterocycles. The van der Waals surface area contributed by atoms with Gasteiger partial charge in [-0.2, -0.15) is 0 Å². The molecule has 0 aliphatic heterocycles. The first kappa shape index (κ1) is 13.8. The van der Waals surface area contributed by atoms with Gasteiger partial charge in [-0.1, -0.05) is 19.8 Å². The van der Waals surface area contributed by atoms with E-state index in [-0.39, 0.29) is 12.1 Å². The molecule has 3 unspecified atom stereocenters. The van der Waals surface area contributed by atoms with E-state index < -0.39 is 12.0 Å². The van der Waals surface area contributed by atoms with Crippen LogP contribution in [0.15, 0.2) is 0 Å². The van der Waals surface area contributed by atoms with Gasteiger partial charge in [0, 0.05) is 13.1 Å². The fourth-order valence-corrected chi connectivity index (χ4v) is 2.13. The number of aliphatic carboxylic acids is 1. The van der Waals surface area contributed by atoms with Gasteiger partial charge >= 0.3 is 12.0 Å². The van der Waals surface area contributed by atoms with Crippen molar-refractivity contribution in [2.45, 2.75) is 51.6 Å². The number of rotatable bonds is 3. The van der Waals surface area contributed by atoms with Gasteiger partial charge in [-0.25, -0.2) is 9.59 Å². The van der Waals surface area contributed by atoms with Crippen molar-refractivity contribution >= 4 is 12.0 Å². The molecule has 98 valence electrons. The van der Waals surface area contributed by atoms with Gasteiger partial charge in [-0.3, -0.25) is 0 Å². The lowest BCUT2D eigenvalue weighted by Gasteiger charge is -2.32. The fourth-order valence-electron chi connectivity index (χ4n) is 2.13. The normalized spacial score (nSPS) is 26.1. The first-order valence-electron chi connectivity index (χ1n) is 6.19. The summed E-state index contributed by atoms with van der Waals surface area (Å²) in [5.74, 6) is -0.513. The number of hydrogen-bond donors (Lipinski definition) is 2. The third-order valence-corrected chi connectivity index (χ3v) is 3.68. The maximum absolute atomic E-state index is 11.9. The second kappa shape index (κ2) is 5.89. The molecule has 1 saturated carbocycles. The Morgan fingerprint density at radius 3 is 2.47 bits per heavy atom. The van der Waals surface area contributed by atoms with Crippen LogP contribution in [0, 0.1) is 5.92 Å². The van der Waals surface area contributed by atoms with Gasteiger partial charge in [0.2, 0.25) is 0 Å². The largest absolute Gasteiger partial charge is 0.480 e. The minimum atomic E-state index is -0.987. The summed E-state index contributed by atoms with van der Waals surface area (Å²) < 4.78 is 0. The molecule has 0 spiro atoms. The molecular formula is C12H22N2O3. The van der Waals surface area contributed by atoms with E-state index in [1.165, 1.54) is 25.3 Å². The van der Waals surface area contributed by atoms with Gasteiger partial charge in [0.25, 0.3) is 0 Å². The molecule has 5 nitrogen and oxygen atoms in total. The number of amides is 2. The van der Waals surface area contributed by atoms with E-state index in [1.807, 2.05) is 0 Å². The second-order valence-corrected chi connectivity index (χ2v) is 4.94. The number of carboxylic acids is 1. The Morgan fingerprint density at radius 2 is 1.94 bits per heavy atom.